The number of hydrogen-bond acceptors (Lipinski definition) is 3. The summed E-state index contributed by atoms with van der Waals surface area (Å²) in [7, 11) is 0. The Morgan fingerprint density at radius 1 is 1.32 bits per heavy atom. The van der Waals surface area contributed by atoms with Gasteiger partial charge in [0.25, 0.3) is 5.91 Å². The molecule has 0 radical (unpaired) electrons. The van der Waals surface area contributed by atoms with E-state index in [1.807, 2.05) is 18.2 Å². The quantitative estimate of drug-likeness (QED) is 0.858. The molecular weight excluding hydrogens is 260 g/mol. The van der Waals surface area contributed by atoms with Crippen molar-refractivity contribution in [1.29, 1.82) is 0 Å². The van der Waals surface area contributed by atoms with Crippen molar-refractivity contribution in [2.75, 3.05) is 6.54 Å². The van der Waals surface area contributed by atoms with E-state index in [1.165, 1.54) is 9.80 Å². The van der Waals surface area contributed by atoms with E-state index in [0.29, 0.717) is 6.54 Å². The Morgan fingerprint density at radius 3 is 2.53 bits per heavy atom. The van der Waals surface area contributed by atoms with Gasteiger partial charge in [0.05, 0.1) is 0 Å². The number of nitrogens with zero attached hydrogens (tertiary/aromatic N) is 1. The fraction of sp³-hybridized carbons (Fsp3) is 0.429. The molecule has 19 heavy (non-hydrogen) atoms. The summed E-state index contributed by atoms with van der Waals surface area (Å²) in [6.45, 7) is 2.24. The lowest BCUT2D eigenvalue weighted by Crippen LogP contribution is -2.37. The van der Waals surface area contributed by atoms with E-state index in [0.717, 1.165) is 12.8 Å². The van der Waals surface area contributed by atoms with Gasteiger partial charge in [-0.05, 0) is 31.9 Å². The van der Waals surface area contributed by atoms with Gasteiger partial charge in [-0.1, -0.05) is 18.2 Å². The minimum atomic E-state index is -0.384. The van der Waals surface area contributed by atoms with Gasteiger partial charge in [-0.2, -0.15) is 0 Å². The van der Waals surface area contributed by atoms with Crippen molar-refractivity contribution in [2.24, 2.45) is 0 Å². The second-order valence-corrected chi connectivity index (χ2v) is 6.74. The fourth-order valence-electron chi connectivity index (χ4n) is 2.27. The van der Waals surface area contributed by atoms with Crippen molar-refractivity contribution in [1.82, 2.24) is 10.2 Å². The SMILES string of the molecule is C[C@H]1NC(=O)N(CC2(Sc3ccccc3)CC2)C1=O. The summed E-state index contributed by atoms with van der Waals surface area (Å²) in [4.78, 5) is 26.2. The molecular formula is C14H16N2O2S. The summed E-state index contributed by atoms with van der Waals surface area (Å²) in [6, 6.07) is 9.51. The summed E-state index contributed by atoms with van der Waals surface area (Å²) in [5.74, 6) is -0.107. The second kappa shape index (κ2) is 4.56. The predicted octanol–water partition coefficient (Wildman–Crippen LogP) is 2.25. The average Bonchev–Trinajstić information content (AvgIpc) is 3.11. The Kier molecular flexibility index (Phi) is 3.01. The summed E-state index contributed by atoms with van der Waals surface area (Å²) in [5, 5.41) is 2.66. The number of urea groups is 1. The van der Waals surface area contributed by atoms with Gasteiger partial charge in [-0.25, -0.2) is 4.79 Å². The zero-order valence-corrected chi connectivity index (χ0v) is 11.6. The van der Waals surface area contributed by atoms with Crippen molar-refractivity contribution in [3.05, 3.63) is 30.3 Å². The molecule has 4 nitrogen and oxygen atoms in total. The van der Waals surface area contributed by atoms with Crippen LogP contribution in [0, 0.1) is 0 Å². The number of amides is 3. The van der Waals surface area contributed by atoms with Gasteiger partial charge in [0.1, 0.15) is 6.04 Å². The Labute approximate surface area is 116 Å². The molecule has 0 spiro atoms. The number of hydrogen-bond donors (Lipinski definition) is 1. The van der Waals surface area contributed by atoms with Gasteiger partial charge < -0.3 is 5.32 Å². The van der Waals surface area contributed by atoms with E-state index in [-0.39, 0.29) is 22.7 Å². The summed E-state index contributed by atoms with van der Waals surface area (Å²) < 4.78 is 0.0262. The zero-order valence-electron chi connectivity index (χ0n) is 10.8. The van der Waals surface area contributed by atoms with E-state index in [1.54, 1.807) is 18.7 Å². The zero-order chi connectivity index (χ0) is 13.5. The molecule has 1 saturated heterocycles. The molecule has 0 aromatic heterocycles. The summed E-state index contributed by atoms with van der Waals surface area (Å²) in [5.41, 5.74) is 0. The predicted molar refractivity (Wildman–Crippen MR) is 74.0 cm³/mol. The maximum Gasteiger partial charge on any atom is 0.324 e. The second-order valence-electron chi connectivity index (χ2n) is 5.19. The van der Waals surface area contributed by atoms with Crippen molar-refractivity contribution in [3.8, 4) is 0 Å². The highest BCUT2D eigenvalue weighted by Gasteiger charge is 2.49. The molecule has 3 amide bonds. The number of carbonyl (C=O) groups is 2. The molecule has 100 valence electrons. The van der Waals surface area contributed by atoms with Gasteiger partial charge in [-0.3, -0.25) is 9.69 Å². The highest BCUT2D eigenvalue weighted by atomic mass is 32.2. The lowest BCUT2D eigenvalue weighted by Gasteiger charge is -2.20. The maximum atomic E-state index is 11.9. The highest BCUT2D eigenvalue weighted by Crippen LogP contribution is 2.52. The molecule has 2 aliphatic rings. The van der Waals surface area contributed by atoms with E-state index in [2.05, 4.69) is 17.4 Å². The van der Waals surface area contributed by atoms with Gasteiger partial charge in [0.2, 0.25) is 0 Å². The molecule has 1 aliphatic carbocycles. The van der Waals surface area contributed by atoms with Crippen molar-refractivity contribution in [3.63, 3.8) is 0 Å². The van der Waals surface area contributed by atoms with Crippen LogP contribution in [0.15, 0.2) is 35.2 Å². The Morgan fingerprint density at radius 2 is 2.00 bits per heavy atom. The number of carbonyl (C=O) groups excluding carboxylic acids is 2. The maximum absolute atomic E-state index is 11.9. The van der Waals surface area contributed by atoms with Crippen LogP contribution in [-0.4, -0.2) is 34.2 Å². The van der Waals surface area contributed by atoms with Crippen molar-refractivity contribution in [2.45, 2.75) is 35.4 Å². The number of rotatable bonds is 4. The number of thioether (sulfide) groups is 1. The Hall–Kier alpha value is -1.49. The van der Waals surface area contributed by atoms with Gasteiger partial charge in [-0.15, -0.1) is 11.8 Å². The topological polar surface area (TPSA) is 49.4 Å². The normalized spacial score (nSPS) is 24.5. The Bertz CT molecular complexity index is 513. The molecule has 1 aromatic carbocycles. The van der Waals surface area contributed by atoms with Crippen LogP contribution in [0.1, 0.15) is 19.8 Å². The van der Waals surface area contributed by atoms with Crippen molar-refractivity contribution >= 4 is 23.7 Å². The highest BCUT2D eigenvalue weighted by molar-refractivity contribution is 8.01. The molecule has 1 atom stereocenters. The molecule has 1 aliphatic heterocycles. The summed E-state index contributed by atoms with van der Waals surface area (Å²) in [6.07, 6.45) is 2.11. The number of imide groups is 1. The average molecular weight is 276 g/mol. The number of nitrogens with one attached hydrogen (secondary N) is 1. The first-order valence-corrected chi connectivity index (χ1v) is 7.27. The summed E-state index contributed by atoms with van der Waals surface area (Å²) >= 11 is 1.78. The third kappa shape index (κ3) is 2.47. The van der Waals surface area contributed by atoms with Crippen LogP contribution in [0.25, 0.3) is 0 Å². The van der Waals surface area contributed by atoms with E-state index in [4.69, 9.17) is 0 Å². The third-order valence-corrected chi connectivity index (χ3v) is 5.03. The smallest absolute Gasteiger partial charge is 0.324 e. The van der Waals surface area contributed by atoms with Crippen LogP contribution < -0.4 is 5.32 Å². The van der Waals surface area contributed by atoms with Gasteiger partial charge >= 0.3 is 6.03 Å². The van der Waals surface area contributed by atoms with Crippen LogP contribution >= 0.6 is 11.8 Å². The molecule has 1 heterocycles. The standard InChI is InChI=1S/C14H16N2O2S/c1-10-12(17)16(13(18)15-10)9-14(7-8-14)19-11-5-3-2-4-6-11/h2-6,10H,7-9H2,1H3,(H,15,18)/t10-/m1/s1. The van der Waals surface area contributed by atoms with E-state index in [9.17, 15) is 9.59 Å². The lowest BCUT2D eigenvalue weighted by molar-refractivity contribution is -0.127. The first kappa shape index (κ1) is 12.5. The molecule has 0 unspecified atom stereocenters. The minimum absolute atomic E-state index is 0.0262. The molecule has 5 heteroatoms. The van der Waals surface area contributed by atoms with Crippen molar-refractivity contribution < 1.29 is 9.59 Å². The van der Waals surface area contributed by atoms with Crippen LogP contribution in [-0.2, 0) is 4.79 Å². The molecule has 1 saturated carbocycles. The largest absolute Gasteiger partial charge is 0.326 e. The fourth-order valence-corrected chi connectivity index (χ4v) is 3.56. The molecule has 0 bridgehead atoms. The lowest BCUT2D eigenvalue weighted by atomic mass is 10.3. The first-order valence-electron chi connectivity index (χ1n) is 6.46. The van der Waals surface area contributed by atoms with E-state index < -0.39 is 0 Å². The third-order valence-electron chi connectivity index (χ3n) is 3.55. The minimum Gasteiger partial charge on any atom is -0.326 e. The van der Waals surface area contributed by atoms with Gasteiger partial charge in [0, 0.05) is 16.2 Å². The van der Waals surface area contributed by atoms with Crippen LogP contribution in [0.5, 0.6) is 0 Å². The molecule has 2 fully saturated rings. The van der Waals surface area contributed by atoms with Gasteiger partial charge in [0.15, 0.2) is 0 Å². The van der Waals surface area contributed by atoms with Crippen LogP contribution in [0.2, 0.25) is 0 Å². The first-order chi connectivity index (χ1) is 9.10. The monoisotopic (exact) mass is 276 g/mol. The number of benzene rings is 1. The van der Waals surface area contributed by atoms with Crippen LogP contribution in [0.3, 0.4) is 0 Å². The molecule has 1 aromatic rings. The molecule has 1 N–H and O–H groups in total. The molecule has 3 rings (SSSR count). The van der Waals surface area contributed by atoms with Crippen LogP contribution in [0.4, 0.5) is 4.79 Å². The Balaban J connectivity index is 1.70. The van der Waals surface area contributed by atoms with E-state index >= 15 is 0 Å².